The molecule has 0 aromatic rings. The first-order chi connectivity index (χ1) is 13.8. The minimum Gasteiger partial charge on any atom is -0.353 e. The van der Waals surface area contributed by atoms with E-state index in [1.807, 2.05) is 0 Å². The minimum atomic E-state index is 0.0417. The third-order valence-corrected chi connectivity index (χ3v) is 5.65. The minimum absolute atomic E-state index is 0.0417. The highest BCUT2D eigenvalue weighted by Crippen LogP contribution is 2.15. The number of hydrogen-bond donors (Lipinski definition) is 0. The quantitative estimate of drug-likeness (QED) is 0.119. The Morgan fingerprint density at radius 1 is 0.393 bits per heavy atom. The molecule has 0 aromatic carbocycles. The molecule has 0 radical (unpaired) electrons. The molecule has 0 bridgehead atoms. The number of ether oxygens (including phenoxy) is 2. The van der Waals surface area contributed by atoms with Gasteiger partial charge in [0.25, 0.3) is 0 Å². The summed E-state index contributed by atoms with van der Waals surface area (Å²) in [7, 11) is 0. The van der Waals surface area contributed by atoms with E-state index in [2.05, 4.69) is 20.8 Å². The van der Waals surface area contributed by atoms with Crippen LogP contribution in [-0.4, -0.2) is 19.5 Å². The van der Waals surface area contributed by atoms with Crippen molar-refractivity contribution in [3.63, 3.8) is 0 Å². The predicted octanol–water partition coefficient (Wildman–Crippen LogP) is 9.21. The molecule has 0 unspecified atom stereocenters. The largest absolute Gasteiger partial charge is 0.353 e. The van der Waals surface area contributed by atoms with Gasteiger partial charge in [0.1, 0.15) is 0 Å². The summed E-state index contributed by atoms with van der Waals surface area (Å²) in [6.07, 6.45) is 27.1. The van der Waals surface area contributed by atoms with Crippen molar-refractivity contribution < 1.29 is 9.47 Å². The summed E-state index contributed by atoms with van der Waals surface area (Å²) >= 11 is 0. The second-order valence-corrected chi connectivity index (χ2v) is 8.62. The van der Waals surface area contributed by atoms with Crippen molar-refractivity contribution in [1.82, 2.24) is 0 Å². The molecule has 0 aliphatic carbocycles. The maximum Gasteiger partial charge on any atom is 0.157 e. The molecular formula is C26H54O2. The van der Waals surface area contributed by atoms with Crippen molar-refractivity contribution in [3.8, 4) is 0 Å². The van der Waals surface area contributed by atoms with Crippen LogP contribution in [-0.2, 0) is 9.47 Å². The Labute approximate surface area is 178 Å². The molecule has 0 rings (SSSR count). The fourth-order valence-corrected chi connectivity index (χ4v) is 3.62. The van der Waals surface area contributed by atoms with Gasteiger partial charge in [0.2, 0.25) is 0 Å². The highest BCUT2D eigenvalue weighted by atomic mass is 16.7. The molecule has 0 spiro atoms. The van der Waals surface area contributed by atoms with Crippen molar-refractivity contribution in [2.45, 2.75) is 155 Å². The Bertz CT molecular complexity index is 257. The highest BCUT2D eigenvalue weighted by molar-refractivity contribution is 4.52. The van der Waals surface area contributed by atoms with Crippen molar-refractivity contribution in [2.24, 2.45) is 0 Å². The van der Waals surface area contributed by atoms with Crippen LogP contribution in [0.1, 0.15) is 149 Å². The molecule has 2 heteroatoms. The van der Waals surface area contributed by atoms with Gasteiger partial charge in [-0.15, -0.1) is 0 Å². The van der Waals surface area contributed by atoms with Gasteiger partial charge in [0.05, 0.1) is 0 Å². The fraction of sp³-hybridized carbons (Fsp3) is 1.00. The van der Waals surface area contributed by atoms with Gasteiger partial charge in [-0.2, -0.15) is 0 Å². The summed E-state index contributed by atoms with van der Waals surface area (Å²) in [6.45, 7) is 8.43. The van der Waals surface area contributed by atoms with Crippen LogP contribution in [0.15, 0.2) is 0 Å². The van der Waals surface area contributed by atoms with Crippen molar-refractivity contribution >= 4 is 0 Å². The van der Waals surface area contributed by atoms with Crippen LogP contribution in [0.3, 0.4) is 0 Å². The molecule has 2 nitrogen and oxygen atoms in total. The Balaban J connectivity index is 3.37. The zero-order valence-electron chi connectivity index (χ0n) is 20.0. The van der Waals surface area contributed by atoms with Gasteiger partial charge in [-0.3, -0.25) is 0 Å². The van der Waals surface area contributed by atoms with E-state index in [9.17, 15) is 0 Å². The summed E-state index contributed by atoms with van der Waals surface area (Å²) in [5.74, 6) is 0. The van der Waals surface area contributed by atoms with E-state index in [0.29, 0.717) is 0 Å². The van der Waals surface area contributed by atoms with Crippen LogP contribution < -0.4 is 0 Å². The molecule has 0 N–H and O–H groups in total. The number of unbranched alkanes of at least 4 members (excludes halogenated alkanes) is 16. The summed E-state index contributed by atoms with van der Waals surface area (Å²) in [4.78, 5) is 0. The first-order valence-corrected chi connectivity index (χ1v) is 13.1. The molecule has 170 valence electrons. The maximum absolute atomic E-state index is 5.93. The van der Waals surface area contributed by atoms with Crippen LogP contribution in [0, 0.1) is 0 Å². The summed E-state index contributed by atoms with van der Waals surface area (Å²) in [5.41, 5.74) is 0. The zero-order chi connectivity index (χ0) is 20.5. The average Bonchev–Trinajstić information content (AvgIpc) is 2.70. The summed E-state index contributed by atoms with van der Waals surface area (Å²) in [5, 5.41) is 0. The molecular weight excluding hydrogens is 344 g/mol. The van der Waals surface area contributed by atoms with Gasteiger partial charge in [-0.25, -0.2) is 0 Å². The van der Waals surface area contributed by atoms with Crippen LogP contribution in [0.25, 0.3) is 0 Å². The molecule has 0 aliphatic heterocycles. The lowest BCUT2D eigenvalue weighted by molar-refractivity contribution is -0.147. The van der Waals surface area contributed by atoms with Crippen molar-refractivity contribution in [2.75, 3.05) is 13.2 Å². The lowest BCUT2D eigenvalue weighted by Crippen LogP contribution is -2.18. The average molecular weight is 399 g/mol. The van der Waals surface area contributed by atoms with Crippen LogP contribution >= 0.6 is 0 Å². The lowest BCUT2D eigenvalue weighted by Gasteiger charge is -2.18. The Kier molecular flexibility index (Phi) is 24.9. The van der Waals surface area contributed by atoms with Crippen LogP contribution in [0.5, 0.6) is 0 Å². The normalized spacial score (nSPS) is 11.6. The third kappa shape index (κ3) is 22.2. The summed E-state index contributed by atoms with van der Waals surface area (Å²) in [6, 6.07) is 0. The topological polar surface area (TPSA) is 18.5 Å². The molecule has 0 atom stereocenters. The lowest BCUT2D eigenvalue weighted by atomic mass is 10.0. The Hall–Kier alpha value is -0.0800. The zero-order valence-corrected chi connectivity index (χ0v) is 20.0. The molecule has 28 heavy (non-hydrogen) atoms. The molecule has 0 aliphatic rings. The molecule has 0 aromatic heterocycles. The van der Waals surface area contributed by atoms with Crippen LogP contribution in [0.4, 0.5) is 0 Å². The molecule has 0 amide bonds. The van der Waals surface area contributed by atoms with E-state index in [0.717, 1.165) is 32.5 Å². The van der Waals surface area contributed by atoms with Gasteiger partial charge in [-0.1, -0.05) is 124 Å². The van der Waals surface area contributed by atoms with E-state index >= 15 is 0 Å². The predicted molar refractivity (Wildman–Crippen MR) is 125 cm³/mol. The van der Waals surface area contributed by atoms with Crippen molar-refractivity contribution in [3.05, 3.63) is 0 Å². The fourth-order valence-electron chi connectivity index (χ4n) is 3.62. The SMILES string of the molecule is CCCCCCCCCCCCCCCCCC(OCCCC)OCCCC. The van der Waals surface area contributed by atoms with Gasteiger partial charge in [-0.05, 0) is 25.7 Å². The maximum atomic E-state index is 5.93. The monoisotopic (exact) mass is 398 g/mol. The molecule has 0 saturated heterocycles. The first kappa shape index (κ1) is 27.9. The molecule has 0 heterocycles. The summed E-state index contributed by atoms with van der Waals surface area (Å²) < 4.78 is 11.9. The van der Waals surface area contributed by atoms with E-state index in [4.69, 9.17) is 9.47 Å². The second kappa shape index (κ2) is 25.0. The van der Waals surface area contributed by atoms with E-state index in [-0.39, 0.29) is 6.29 Å². The van der Waals surface area contributed by atoms with Gasteiger partial charge < -0.3 is 9.47 Å². The molecule has 0 saturated carbocycles. The van der Waals surface area contributed by atoms with E-state index in [1.54, 1.807) is 0 Å². The van der Waals surface area contributed by atoms with Gasteiger partial charge in [0, 0.05) is 13.2 Å². The van der Waals surface area contributed by atoms with Crippen LogP contribution in [0.2, 0.25) is 0 Å². The Morgan fingerprint density at radius 2 is 0.714 bits per heavy atom. The standard InChI is InChI=1S/C26H54O2/c1-4-7-10-11-12-13-14-15-16-17-18-19-20-21-22-23-26(27-24-8-5-2)28-25-9-6-3/h26H,4-25H2,1-3H3. The van der Waals surface area contributed by atoms with Crippen molar-refractivity contribution in [1.29, 1.82) is 0 Å². The highest BCUT2D eigenvalue weighted by Gasteiger charge is 2.08. The third-order valence-electron chi connectivity index (χ3n) is 5.65. The smallest absolute Gasteiger partial charge is 0.157 e. The van der Waals surface area contributed by atoms with Gasteiger partial charge in [0.15, 0.2) is 6.29 Å². The number of rotatable bonds is 24. The van der Waals surface area contributed by atoms with E-state index in [1.165, 1.54) is 109 Å². The second-order valence-electron chi connectivity index (χ2n) is 8.62. The molecule has 0 fully saturated rings. The van der Waals surface area contributed by atoms with Gasteiger partial charge >= 0.3 is 0 Å². The Morgan fingerprint density at radius 3 is 1.07 bits per heavy atom. The van der Waals surface area contributed by atoms with E-state index < -0.39 is 0 Å². The number of hydrogen-bond acceptors (Lipinski definition) is 2. The first-order valence-electron chi connectivity index (χ1n) is 13.1.